The minimum absolute atomic E-state index is 0.0280. The quantitative estimate of drug-likeness (QED) is 0.741. The second-order valence-electron chi connectivity index (χ2n) is 7.92. The maximum absolute atomic E-state index is 14.9. The van der Waals surface area contributed by atoms with Gasteiger partial charge in [-0.2, -0.15) is 0 Å². The summed E-state index contributed by atoms with van der Waals surface area (Å²) < 4.78 is 14.9. The fourth-order valence-electron chi connectivity index (χ4n) is 4.21. The highest BCUT2D eigenvalue weighted by Crippen LogP contribution is 2.35. The molecule has 2 atom stereocenters. The number of aromatic nitrogens is 1. The van der Waals surface area contributed by atoms with Crippen molar-refractivity contribution < 1.29 is 18.8 Å². The molecule has 1 saturated heterocycles. The number of hydrogen-bond donors (Lipinski definition) is 1. The number of rotatable bonds is 6. The molecule has 1 aliphatic heterocycles. The molecule has 8 heteroatoms. The van der Waals surface area contributed by atoms with Gasteiger partial charge in [0.05, 0.1) is 11.6 Å². The van der Waals surface area contributed by atoms with Crippen LogP contribution in [0, 0.1) is 11.7 Å². The summed E-state index contributed by atoms with van der Waals surface area (Å²) in [6, 6.07) is 8.23. The number of benzene rings is 1. The number of nitrogens with zero attached hydrogens (tertiary/aromatic N) is 2. The first-order chi connectivity index (χ1) is 15.0. The van der Waals surface area contributed by atoms with E-state index in [-0.39, 0.29) is 29.2 Å². The molecule has 1 N–H and O–H groups in total. The third kappa shape index (κ3) is 4.79. The predicted molar refractivity (Wildman–Crippen MR) is 117 cm³/mol. The number of pyridine rings is 1. The molecule has 1 aromatic heterocycles. The zero-order valence-electron chi connectivity index (χ0n) is 17.0. The summed E-state index contributed by atoms with van der Waals surface area (Å²) in [6.07, 6.45) is 7.03. The van der Waals surface area contributed by atoms with Crippen molar-refractivity contribution in [1.82, 2.24) is 10.3 Å². The lowest BCUT2D eigenvalue weighted by atomic mass is 9.99. The maximum Gasteiger partial charge on any atom is 0.248 e. The van der Waals surface area contributed by atoms with E-state index in [4.69, 9.17) is 0 Å². The van der Waals surface area contributed by atoms with Gasteiger partial charge in [0.2, 0.25) is 11.8 Å². The summed E-state index contributed by atoms with van der Waals surface area (Å²) in [4.78, 5) is 44.2. The van der Waals surface area contributed by atoms with E-state index in [1.54, 1.807) is 30.6 Å². The molecular formula is C23H24FN3O3S. The Kier molecular flexibility index (Phi) is 6.65. The second-order valence-corrected chi connectivity index (χ2v) is 8.99. The smallest absolute Gasteiger partial charge is 0.248 e. The largest absolute Gasteiger partial charge is 0.351 e. The number of para-hydroxylation sites is 1. The van der Waals surface area contributed by atoms with Gasteiger partial charge in [-0.15, -0.1) is 0 Å². The first kappa shape index (κ1) is 21.5. The normalized spacial score (nSPS) is 19.9. The van der Waals surface area contributed by atoms with Crippen LogP contribution in [0.1, 0.15) is 43.7 Å². The molecule has 0 spiro atoms. The standard InChI is InChI=1S/C23H24FN3O3S/c24-18-7-3-4-8-19(18)27(23(30)16-13-20(28)31-14-16)21(15-9-11-25-12-10-15)22(29)26-17-5-1-2-6-17/h3-4,7-12,16-17,21H,1-2,5-6,13-14H2,(H,26,29)/t16-,21+/m1/s1. The Balaban J connectivity index is 1.77. The van der Waals surface area contributed by atoms with Gasteiger partial charge in [-0.25, -0.2) is 4.39 Å². The van der Waals surface area contributed by atoms with Gasteiger partial charge in [0, 0.05) is 30.6 Å². The third-order valence-electron chi connectivity index (χ3n) is 5.79. The van der Waals surface area contributed by atoms with Crippen LogP contribution in [0.25, 0.3) is 0 Å². The predicted octanol–water partition coefficient (Wildman–Crippen LogP) is 3.63. The van der Waals surface area contributed by atoms with Crippen LogP contribution >= 0.6 is 11.8 Å². The highest BCUT2D eigenvalue weighted by molar-refractivity contribution is 8.14. The van der Waals surface area contributed by atoms with Gasteiger partial charge in [-0.3, -0.25) is 24.3 Å². The zero-order chi connectivity index (χ0) is 21.8. The van der Waals surface area contributed by atoms with E-state index >= 15 is 0 Å². The lowest BCUT2D eigenvalue weighted by Crippen LogP contribution is -2.48. The molecule has 2 fully saturated rings. The molecule has 2 heterocycles. The van der Waals surface area contributed by atoms with Gasteiger partial charge < -0.3 is 5.32 Å². The number of anilines is 1. The third-order valence-corrected chi connectivity index (χ3v) is 6.84. The van der Waals surface area contributed by atoms with Gasteiger partial charge in [-0.1, -0.05) is 36.7 Å². The van der Waals surface area contributed by atoms with Crippen LogP contribution in [0.15, 0.2) is 48.8 Å². The summed E-state index contributed by atoms with van der Waals surface area (Å²) in [7, 11) is 0. The number of thioether (sulfide) groups is 1. The highest BCUT2D eigenvalue weighted by atomic mass is 32.2. The van der Waals surface area contributed by atoms with Crippen molar-refractivity contribution >= 4 is 34.4 Å². The second kappa shape index (κ2) is 9.60. The Labute approximate surface area is 184 Å². The van der Waals surface area contributed by atoms with E-state index in [2.05, 4.69) is 10.3 Å². The van der Waals surface area contributed by atoms with Crippen molar-refractivity contribution in [2.75, 3.05) is 10.7 Å². The SMILES string of the molecule is O=C1C[C@@H](C(=O)N(c2ccccc2F)[C@H](C(=O)NC2CCCC2)c2ccncc2)CS1. The molecule has 1 aromatic carbocycles. The Morgan fingerprint density at radius 3 is 2.48 bits per heavy atom. The van der Waals surface area contributed by atoms with Crippen molar-refractivity contribution in [3.8, 4) is 0 Å². The van der Waals surface area contributed by atoms with Crippen LogP contribution in [0.3, 0.4) is 0 Å². The Hall–Kier alpha value is -2.74. The minimum Gasteiger partial charge on any atom is -0.351 e. The molecular weight excluding hydrogens is 417 g/mol. The van der Waals surface area contributed by atoms with Gasteiger partial charge in [0.1, 0.15) is 11.9 Å². The van der Waals surface area contributed by atoms with Crippen molar-refractivity contribution in [2.24, 2.45) is 5.92 Å². The fourth-order valence-corrected chi connectivity index (χ4v) is 5.18. The van der Waals surface area contributed by atoms with Crippen LogP contribution in [-0.4, -0.2) is 33.7 Å². The van der Waals surface area contributed by atoms with Crippen molar-refractivity contribution in [2.45, 2.75) is 44.2 Å². The molecule has 1 aliphatic carbocycles. The van der Waals surface area contributed by atoms with Crippen LogP contribution in [0.2, 0.25) is 0 Å². The van der Waals surface area contributed by atoms with E-state index < -0.39 is 23.7 Å². The van der Waals surface area contributed by atoms with Crippen LogP contribution < -0.4 is 10.2 Å². The van der Waals surface area contributed by atoms with Crippen molar-refractivity contribution in [1.29, 1.82) is 0 Å². The fraction of sp³-hybridized carbons (Fsp3) is 0.391. The highest BCUT2D eigenvalue weighted by Gasteiger charge is 2.40. The van der Waals surface area contributed by atoms with E-state index in [0.29, 0.717) is 11.3 Å². The Morgan fingerprint density at radius 1 is 1.13 bits per heavy atom. The molecule has 6 nitrogen and oxygen atoms in total. The minimum atomic E-state index is -1.06. The van der Waals surface area contributed by atoms with Gasteiger partial charge >= 0.3 is 0 Å². The molecule has 0 radical (unpaired) electrons. The molecule has 162 valence electrons. The number of halogens is 1. The molecule has 0 unspecified atom stereocenters. The zero-order valence-corrected chi connectivity index (χ0v) is 17.8. The van der Waals surface area contributed by atoms with Crippen LogP contribution in [-0.2, 0) is 14.4 Å². The summed E-state index contributed by atoms with van der Waals surface area (Å²) in [5.74, 6) is -1.64. The molecule has 2 aromatic rings. The van der Waals surface area contributed by atoms with Crippen molar-refractivity contribution in [3.05, 3.63) is 60.2 Å². The van der Waals surface area contributed by atoms with Crippen molar-refractivity contribution in [3.63, 3.8) is 0 Å². The van der Waals surface area contributed by atoms with E-state index in [0.717, 1.165) is 37.4 Å². The first-order valence-electron chi connectivity index (χ1n) is 10.5. The summed E-state index contributed by atoms with van der Waals surface area (Å²) >= 11 is 1.10. The number of nitrogens with one attached hydrogen (secondary N) is 1. The molecule has 2 aliphatic rings. The van der Waals surface area contributed by atoms with Crippen LogP contribution in [0.5, 0.6) is 0 Å². The van der Waals surface area contributed by atoms with Gasteiger partial charge in [-0.05, 0) is 42.7 Å². The number of hydrogen-bond acceptors (Lipinski definition) is 5. The average Bonchev–Trinajstić information content (AvgIpc) is 3.44. The molecule has 31 heavy (non-hydrogen) atoms. The first-order valence-corrected chi connectivity index (χ1v) is 11.5. The van der Waals surface area contributed by atoms with Gasteiger partial charge in [0.15, 0.2) is 5.12 Å². The monoisotopic (exact) mass is 441 g/mol. The Bertz CT molecular complexity index is 966. The molecule has 2 amide bonds. The summed E-state index contributed by atoms with van der Waals surface area (Å²) in [5.41, 5.74) is 0.569. The van der Waals surface area contributed by atoms with E-state index in [1.807, 2.05) is 0 Å². The lowest BCUT2D eigenvalue weighted by Gasteiger charge is -2.33. The Morgan fingerprint density at radius 2 is 1.84 bits per heavy atom. The van der Waals surface area contributed by atoms with Crippen LogP contribution in [0.4, 0.5) is 10.1 Å². The molecule has 4 rings (SSSR count). The lowest BCUT2D eigenvalue weighted by molar-refractivity contribution is -0.129. The average molecular weight is 442 g/mol. The maximum atomic E-state index is 14.9. The van der Waals surface area contributed by atoms with Gasteiger partial charge in [0.25, 0.3) is 0 Å². The molecule has 0 bridgehead atoms. The van der Waals surface area contributed by atoms with E-state index in [9.17, 15) is 18.8 Å². The number of amides is 2. The number of carbonyl (C=O) groups excluding carboxylic acids is 3. The molecule has 1 saturated carbocycles. The topological polar surface area (TPSA) is 79.4 Å². The van der Waals surface area contributed by atoms with E-state index in [1.165, 1.54) is 23.1 Å². The summed E-state index contributed by atoms with van der Waals surface area (Å²) in [5, 5.41) is 2.99. The number of carbonyl (C=O) groups is 3. The summed E-state index contributed by atoms with van der Waals surface area (Å²) in [6.45, 7) is 0.